The molecule has 1 fully saturated rings. The summed E-state index contributed by atoms with van der Waals surface area (Å²) in [4.78, 5) is 110. The SMILES string of the molecule is CC(=O)CNC(=O)OCc1ccc(NC(=O)[C@H](CC(N)=O)NC(=O)[C@H](C)NC(=O)[C@H](C)NC(=O)CCC(=O)N2CCC(C(=O)O)CC2)cc1. The molecule has 1 saturated heterocycles. The average molecular weight is 690 g/mol. The van der Waals surface area contributed by atoms with Crippen LogP contribution in [0.15, 0.2) is 24.3 Å². The Morgan fingerprint density at radius 1 is 0.878 bits per heavy atom. The lowest BCUT2D eigenvalue weighted by Crippen LogP contribution is -2.55. The van der Waals surface area contributed by atoms with E-state index in [1.807, 2.05) is 0 Å². The molecular formula is C31H43N7O11. The van der Waals surface area contributed by atoms with Crippen LogP contribution in [0, 0.1) is 5.92 Å². The smallest absolute Gasteiger partial charge is 0.407 e. The highest BCUT2D eigenvalue weighted by Crippen LogP contribution is 2.18. The Morgan fingerprint density at radius 3 is 2.04 bits per heavy atom. The number of piperidine rings is 1. The van der Waals surface area contributed by atoms with Crippen LogP contribution in [0.1, 0.15) is 58.4 Å². The molecule has 49 heavy (non-hydrogen) atoms. The molecule has 1 heterocycles. The van der Waals surface area contributed by atoms with Gasteiger partial charge in [-0.2, -0.15) is 0 Å². The zero-order valence-corrected chi connectivity index (χ0v) is 27.5. The Balaban J connectivity index is 1.82. The van der Waals surface area contributed by atoms with Gasteiger partial charge in [-0.3, -0.25) is 38.4 Å². The molecule has 1 aromatic rings. The van der Waals surface area contributed by atoms with Crippen LogP contribution in [0.2, 0.25) is 0 Å². The number of aliphatic carboxylic acids is 1. The van der Waals surface area contributed by atoms with Crippen molar-refractivity contribution >= 4 is 59.0 Å². The molecule has 268 valence electrons. The standard InChI is InChI=1S/C31H43N7O11/c1-17(39)15-33-31(48)49-16-20-4-6-22(7-5-20)36-29(45)23(14-24(32)40)37-28(44)19(3)35-27(43)18(2)34-25(41)8-9-26(42)38-12-10-21(11-13-38)30(46)47/h4-7,18-19,21,23H,8-16H2,1-3H3,(H2,32,40)(H,33,48)(H,34,41)(H,35,43)(H,36,45)(H,37,44)(H,46,47)/t18-,19-,23-/m0/s1. The van der Waals surface area contributed by atoms with Crippen molar-refractivity contribution in [2.45, 2.75) is 77.6 Å². The van der Waals surface area contributed by atoms with Crippen LogP contribution >= 0.6 is 0 Å². The van der Waals surface area contributed by atoms with Gasteiger partial charge in [-0.25, -0.2) is 4.79 Å². The van der Waals surface area contributed by atoms with E-state index in [9.17, 15) is 43.2 Å². The minimum atomic E-state index is -1.40. The van der Waals surface area contributed by atoms with Crippen molar-refractivity contribution in [2.24, 2.45) is 11.7 Å². The van der Waals surface area contributed by atoms with Crippen molar-refractivity contribution in [3.63, 3.8) is 0 Å². The normalized spacial score (nSPS) is 14.6. The summed E-state index contributed by atoms with van der Waals surface area (Å²) in [7, 11) is 0. The number of rotatable bonds is 17. The maximum absolute atomic E-state index is 12.9. The molecular weight excluding hydrogens is 646 g/mol. The minimum absolute atomic E-state index is 0.111. The van der Waals surface area contributed by atoms with E-state index in [1.54, 1.807) is 12.1 Å². The number of Topliss-reactive ketones (excluding diaryl/α,β-unsaturated/α-hetero) is 1. The molecule has 0 aromatic heterocycles. The number of hydrogen-bond donors (Lipinski definition) is 7. The van der Waals surface area contributed by atoms with Crippen LogP contribution < -0.4 is 32.3 Å². The predicted molar refractivity (Wildman–Crippen MR) is 171 cm³/mol. The zero-order chi connectivity index (χ0) is 36.7. The van der Waals surface area contributed by atoms with Crippen molar-refractivity contribution in [1.29, 1.82) is 0 Å². The Hall–Kier alpha value is -5.55. The van der Waals surface area contributed by atoms with E-state index in [1.165, 1.54) is 37.8 Å². The van der Waals surface area contributed by atoms with Gasteiger partial charge in [-0.15, -0.1) is 0 Å². The number of alkyl carbamates (subject to hydrolysis) is 1. The second-order valence-corrected chi connectivity index (χ2v) is 11.6. The second kappa shape index (κ2) is 19.3. The number of likely N-dealkylation sites (tertiary alicyclic amines) is 1. The summed E-state index contributed by atoms with van der Waals surface area (Å²) in [6, 6.07) is 2.41. The van der Waals surface area contributed by atoms with Gasteiger partial charge in [-0.05, 0) is 51.3 Å². The number of nitrogens with zero attached hydrogens (tertiary/aromatic N) is 1. The topological polar surface area (TPSA) is 272 Å². The molecule has 1 aliphatic rings. The lowest BCUT2D eigenvalue weighted by molar-refractivity contribution is -0.145. The zero-order valence-electron chi connectivity index (χ0n) is 27.5. The van der Waals surface area contributed by atoms with Crippen LogP contribution in [0.4, 0.5) is 10.5 Å². The van der Waals surface area contributed by atoms with Gasteiger partial charge in [0.25, 0.3) is 0 Å². The number of carboxylic acids is 1. The Bertz CT molecular complexity index is 1410. The summed E-state index contributed by atoms with van der Waals surface area (Å²) < 4.78 is 4.99. The first-order valence-electron chi connectivity index (χ1n) is 15.5. The summed E-state index contributed by atoms with van der Waals surface area (Å²) in [5.41, 5.74) is 6.12. The molecule has 0 saturated carbocycles. The maximum atomic E-state index is 12.9. The molecule has 8 N–H and O–H groups in total. The van der Waals surface area contributed by atoms with E-state index in [0.717, 1.165) is 0 Å². The number of nitrogens with two attached hydrogens (primary N) is 1. The molecule has 0 spiro atoms. The third kappa shape index (κ3) is 14.4. The maximum Gasteiger partial charge on any atom is 0.407 e. The number of benzene rings is 1. The Kier molecular flexibility index (Phi) is 15.6. The van der Waals surface area contributed by atoms with Crippen molar-refractivity contribution < 1.29 is 53.0 Å². The third-order valence-corrected chi connectivity index (χ3v) is 7.40. The van der Waals surface area contributed by atoms with E-state index in [0.29, 0.717) is 18.4 Å². The van der Waals surface area contributed by atoms with Crippen LogP contribution in [0.25, 0.3) is 0 Å². The quantitative estimate of drug-likeness (QED) is 0.103. The van der Waals surface area contributed by atoms with E-state index < -0.39 is 72.1 Å². The predicted octanol–water partition coefficient (Wildman–Crippen LogP) is -1.09. The Morgan fingerprint density at radius 2 is 1.47 bits per heavy atom. The van der Waals surface area contributed by atoms with E-state index in [2.05, 4.69) is 26.6 Å². The minimum Gasteiger partial charge on any atom is -0.481 e. The molecule has 0 bridgehead atoms. The molecule has 18 nitrogen and oxygen atoms in total. The number of carbonyl (C=O) groups excluding carboxylic acids is 8. The van der Waals surface area contributed by atoms with Gasteiger partial charge in [0.2, 0.25) is 35.4 Å². The number of carbonyl (C=O) groups is 9. The molecule has 1 aromatic carbocycles. The lowest BCUT2D eigenvalue weighted by atomic mass is 9.97. The van der Waals surface area contributed by atoms with Crippen molar-refractivity contribution in [1.82, 2.24) is 26.2 Å². The van der Waals surface area contributed by atoms with Gasteiger partial charge < -0.3 is 47.1 Å². The fraction of sp³-hybridized carbons (Fsp3) is 0.516. The summed E-state index contributed by atoms with van der Waals surface area (Å²) >= 11 is 0. The molecule has 1 aliphatic heterocycles. The number of primary amides is 1. The van der Waals surface area contributed by atoms with E-state index in [-0.39, 0.29) is 56.5 Å². The first-order chi connectivity index (χ1) is 23.0. The van der Waals surface area contributed by atoms with E-state index >= 15 is 0 Å². The van der Waals surface area contributed by atoms with E-state index in [4.69, 9.17) is 15.6 Å². The first-order valence-corrected chi connectivity index (χ1v) is 15.5. The van der Waals surface area contributed by atoms with Gasteiger partial charge in [0, 0.05) is 31.6 Å². The Labute approximate surface area is 282 Å². The van der Waals surface area contributed by atoms with Crippen molar-refractivity contribution in [3.8, 4) is 0 Å². The average Bonchev–Trinajstić information content (AvgIpc) is 3.05. The number of amides is 7. The molecule has 0 unspecified atom stereocenters. The van der Waals surface area contributed by atoms with Gasteiger partial charge in [0.05, 0.1) is 18.9 Å². The fourth-order valence-electron chi connectivity index (χ4n) is 4.55. The molecule has 0 radical (unpaired) electrons. The number of nitrogens with one attached hydrogen (secondary N) is 5. The lowest BCUT2D eigenvalue weighted by Gasteiger charge is -2.30. The fourth-order valence-corrected chi connectivity index (χ4v) is 4.55. The summed E-state index contributed by atoms with van der Waals surface area (Å²) in [6.07, 6.45) is -0.986. The number of carboxylic acid groups (broad SMARTS) is 1. The number of anilines is 1. The summed E-state index contributed by atoms with van der Waals surface area (Å²) in [6.45, 7) is 4.31. The second-order valence-electron chi connectivity index (χ2n) is 11.6. The van der Waals surface area contributed by atoms with Crippen LogP contribution in [0.5, 0.6) is 0 Å². The first kappa shape index (κ1) is 39.6. The molecule has 7 amide bonds. The number of ether oxygens (including phenoxy) is 1. The molecule has 2 rings (SSSR count). The summed E-state index contributed by atoms with van der Waals surface area (Å²) in [5, 5.41) is 21.1. The summed E-state index contributed by atoms with van der Waals surface area (Å²) in [5.74, 6) is -5.73. The van der Waals surface area contributed by atoms with Crippen molar-refractivity contribution in [2.75, 3.05) is 25.0 Å². The van der Waals surface area contributed by atoms with Gasteiger partial charge in [0.1, 0.15) is 30.5 Å². The van der Waals surface area contributed by atoms with Crippen LogP contribution in [-0.2, 0) is 49.7 Å². The highest BCUT2D eigenvalue weighted by Gasteiger charge is 2.29. The van der Waals surface area contributed by atoms with Crippen LogP contribution in [0.3, 0.4) is 0 Å². The molecule has 3 atom stereocenters. The van der Waals surface area contributed by atoms with Crippen molar-refractivity contribution in [3.05, 3.63) is 29.8 Å². The largest absolute Gasteiger partial charge is 0.481 e. The highest BCUT2D eigenvalue weighted by molar-refractivity contribution is 6.00. The van der Waals surface area contributed by atoms with Crippen LogP contribution in [-0.4, -0.2) is 101 Å². The van der Waals surface area contributed by atoms with Gasteiger partial charge in [-0.1, -0.05) is 12.1 Å². The van der Waals surface area contributed by atoms with Gasteiger partial charge in [0.15, 0.2) is 0 Å². The monoisotopic (exact) mass is 689 g/mol. The van der Waals surface area contributed by atoms with Gasteiger partial charge >= 0.3 is 12.1 Å². The number of ketones is 1. The number of hydrogen-bond acceptors (Lipinski definition) is 10. The molecule has 0 aliphatic carbocycles. The molecule has 18 heteroatoms. The highest BCUT2D eigenvalue weighted by atomic mass is 16.5. The third-order valence-electron chi connectivity index (χ3n) is 7.40.